The van der Waals surface area contributed by atoms with Gasteiger partial charge in [0.25, 0.3) is 0 Å². The number of hydrogen-bond acceptors (Lipinski definition) is 12. The molecule has 3 amide bonds. The smallest absolute Gasteiger partial charge is 0.247 e. The largest absolute Gasteiger partial charge is 0.497 e. The van der Waals surface area contributed by atoms with Gasteiger partial charge in [-0.3, -0.25) is 14.4 Å². The summed E-state index contributed by atoms with van der Waals surface area (Å²) in [5, 5.41) is 8.75. The number of carbonyl (C=O) groups is 3. The second-order valence-electron chi connectivity index (χ2n) is 16.0. The van der Waals surface area contributed by atoms with E-state index >= 15 is 0 Å². The van der Waals surface area contributed by atoms with Gasteiger partial charge in [-0.2, -0.15) is 0 Å². The fourth-order valence-electron chi connectivity index (χ4n) is 6.87. The van der Waals surface area contributed by atoms with Gasteiger partial charge in [-0.15, -0.1) is 0 Å². The molecule has 15 nitrogen and oxygen atoms in total. The number of carbonyl (C=O) groups excluding carboxylic acids is 3. The van der Waals surface area contributed by atoms with E-state index in [-0.39, 0.29) is 30.8 Å². The summed E-state index contributed by atoms with van der Waals surface area (Å²) in [7, 11) is 3.69. The maximum Gasteiger partial charge on any atom is 0.247 e. The predicted octanol–water partition coefficient (Wildman–Crippen LogP) is 6.34. The van der Waals surface area contributed by atoms with E-state index in [0.717, 1.165) is 61.2 Å². The molecule has 67 heavy (non-hydrogen) atoms. The van der Waals surface area contributed by atoms with Gasteiger partial charge in [0.15, 0.2) is 0 Å². The van der Waals surface area contributed by atoms with E-state index in [0.29, 0.717) is 102 Å². The normalized spacial score (nSPS) is 13.1. The van der Waals surface area contributed by atoms with Gasteiger partial charge in [-0.05, 0) is 111 Å². The van der Waals surface area contributed by atoms with Gasteiger partial charge < -0.3 is 59.9 Å². The van der Waals surface area contributed by atoms with Crippen LogP contribution in [0.3, 0.4) is 0 Å². The van der Waals surface area contributed by atoms with E-state index in [9.17, 15) is 14.4 Å². The summed E-state index contributed by atoms with van der Waals surface area (Å²) in [4.78, 5) is 42.2. The minimum atomic E-state index is -0.770. The van der Waals surface area contributed by atoms with Crippen molar-refractivity contribution in [2.45, 2.75) is 57.0 Å². The lowest BCUT2D eigenvalue weighted by Gasteiger charge is -2.32. The first kappa shape index (κ1) is 53.5. The van der Waals surface area contributed by atoms with Crippen LogP contribution >= 0.6 is 0 Å². The molecule has 0 spiro atoms. The van der Waals surface area contributed by atoms with Gasteiger partial charge in [-0.25, -0.2) is 0 Å². The molecule has 364 valence electrons. The first-order valence-electron chi connectivity index (χ1n) is 23.2. The lowest BCUT2D eigenvalue weighted by atomic mass is 10.0. The molecule has 3 aromatic carbocycles. The van der Waals surface area contributed by atoms with Crippen LogP contribution in [-0.2, 0) is 35.0 Å². The monoisotopic (exact) mass is 925 g/mol. The van der Waals surface area contributed by atoms with Gasteiger partial charge in [0.05, 0.1) is 53.4 Å². The number of amides is 3. The van der Waals surface area contributed by atoms with Crippen molar-refractivity contribution in [3.63, 3.8) is 0 Å². The van der Waals surface area contributed by atoms with Crippen LogP contribution in [0.15, 0.2) is 122 Å². The zero-order valence-corrected chi connectivity index (χ0v) is 39.5. The second-order valence-corrected chi connectivity index (χ2v) is 16.0. The molecule has 1 unspecified atom stereocenters. The highest BCUT2D eigenvalue weighted by molar-refractivity contribution is 5.89. The second kappa shape index (κ2) is 31.7. The van der Waals surface area contributed by atoms with Crippen LogP contribution in [0, 0.1) is 0 Å². The summed E-state index contributed by atoms with van der Waals surface area (Å²) in [6.45, 7) is 14.4. The third-order valence-electron chi connectivity index (χ3n) is 10.8. The molecule has 0 radical (unpaired) electrons. The van der Waals surface area contributed by atoms with Crippen molar-refractivity contribution >= 4 is 23.9 Å². The van der Waals surface area contributed by atoms with Gasteiger partial charge in [-0.1, -0.05) is 55.7 Å². The molecular weight excluding hydrogens is 853 g/mol. The number of methoxy groups -OCH3 is 1. The Morgan fingerprint density at radius 3 is 2.12 bits per heavy atom. The summed E-state index contributed by atoms with van der Waals surface area (Å²) in [6.07, 6.45) is 12.7. The standard InChI is InChI=1S/C52H72N6O9/c1-5-9-41(6-2)38-55-52(61)51(43-13-21-47(62-4)22-14-43)58(46-17-18-46)50(60)25-12-42-10-19-48(20-11-42)66-30-8-7-28-57(3)29-33-65-35-34-63-31-26-44(53)39-54-27-32-64-36-37-67-49-23-15-45(16-24-49)56-40-59/h5-6,9-11,13-16,19-24,39-40,46,51,54H,1-2,7-8,12,17-18,25-38,53H2,3-4H3,(H,55,61)(H,56,59)/b41-9+,44-39-. The van der Waals surface area contributed by atoms with Crippen LogP contribution in [0.1, 0.15) is 55.7 Å². The Morgan fingerprint density at radius 1 is 0.791 bits per heavy atom. The Bertz CT molecular complexity index is 1970. The van der Waals surface area contributed by atoms with Crippen LogP contribution in [0.25, 0.3) is 0 Å². The molecule has 4 rings (SSSR count). The van der Waals surface area contributed by atoms with Crippen molar-refractivity contribution in [3.05, 3.63) is 133 Å². The molecule has 0 aliphatic heterocycles. The molecule has 1 aliphatic carbocycles. The van der Waals surface area contributed by atoms with Gasteiger partial charge in [0.1, 0.15) is 29.9 Å². The number of nitrogens with one attached hydrogen (secondary N) is 3. The lowest BCUT2D eigenvalue weighted by Crippen LogP contribution is -2.45. The van der Waals surface area contributed by atoms with Crippen LogP contribution in [-0.4, -0.2) is 127 Å². The maximum atomic E-state index is 13.9. The molecule has 5 N–H and O–H groups in total. The van der Waals surface area contributed by atoms with Crippen molar-refractivity contribution in [1.82, 2.24) is 20.4 Å². The summed E-state index contributed by atoms with van der Waals surface area (Å²) in [5.41, 5.74) is 10.1. The first-order valence-corrected chi connectivity index (χ1v) is 23.2. The molecule has 1 atom stereocenters. The van der Waals surface area contributed by atoms with Crippen molar-refractivity contribution in [3.8, 4) is 17.2 Å². The average Bonchev–Trinajstić information content (AvgIpc) is 4.19. The SMILES string of the molecule is C=C/C=C(\C=C)CNC(=O)C(c1ccc(OC)cc1)N(C(=O)CCc1ccc(OCCCCN(C)CCOCCOCC/C(N)=C/NCCOCCOc2ccc(NC=O)cc2)cc1)C1CC1. The number of benzene rings is 3. The fourth-order valence-corrected chi connectivity index (χ4v) is 6.87. The Kier molecular flexibility index (Phi) is 25.3. The zero-order chi connectivity index (χ0) is 47.9. The van der Waals surface area contributed by atoms with E-state index in [1.807, 2.05) is 48.5 Å². The summed E-state index contributed by atoms with van der Waals surface area (Å²) >= 11 is 0. The van der Waals surface area contributed by atoms with E-state index in [2.05, 4.69) is 41.1 Å². The number of likely N-dealkylation sites (N-methyl/N-ethyl adjacent to an activating group) is 1. The molecule has 0 aromatic heterocycles. The number of rotatable bonds is 37. The minimum absolute atomic E-state index is 0.0147. The van der Waals surface area contributed by atoms with Crippen molar-refractivity contribution in [2.75, 3.05) is 98.5 Å². The van der Waals surface area contributed by atoms with E-state index in [4.69, 9.17) is 34.2 Å². The number of unbranched alkanes of at least 4 members (excludes halogenated alkanes) is 1. The van der Waals surface area contributed by atoms with E-state index < -0.39 is 6.04 Å². The predicted molar refractivity (Wildman–Crippen MR) is 263 cm³/mol. The maximum absolute atomic E-state index is 13.9. The number of anilines is 1. The topological polar surface area (TPSA) is 175 Å². The van der Waals surface area contributed by atoms with Gasteiger partial charge >= 0.3 is 0 Å². The molecule has 1 aliphatic rings. The summed E-state index contributed by atoms with van der Waals surface area (Å²) < 4.78 is 34.0. The molecule has 0 heterocycles. The number of allylic oxidation sites excluding steroid dienone is 2. The summed E-state index contributed by atoms with van der Waals surface area (Å²) in [5.74, 6) is 1.89. The third kappa shape index (κ3) is 21.4. The molecular formula is C52H72N6O9. The highest BCUT2D eigenvalue weighted by Gasteiger charge is 2.41. The number of nitrogens with zero attached hydrogens (tertiary/aromatic N) is 2. The van der Waals surface area contributed by atoms with Crippen LogP contribution in [0.4, 0.5) is 5.69 Å². The van der Waals surface area contributed by atoms with Gasteiger partial charge in [0.2, 0.25) is 18.2 Å². The summed E-state index contributed by atoms with van der Waals surface area (Å²) in [6, 6.07) is 21.6. The van der Waals surface area contributed by atoms with E-state index in [1.54, 1.807) is 60.7 Å². The Balaban J connectivity index is 1.01. The van der Waals surface area contributed by atoms with Gasteiger partial charge in [0, 0.05) is 56.1 Å². The fraction of sp³-hybridized carbons (Fsp3) is 0.442. The first-order chi connectivity index (χ1) is 32.7. The third-order valence-corrected chi connectivity index (χ3v) is 10.8. The quantitative estimate of drug-likeness (QED) is 0.0288. The Labute approximate surface area is 397 Å². The van der Waals surface area contributed by atoms with Crippen molar-refractivity contribution in [1.29, 1.82) is 0 Å². The van der Waals surface area contributed by atoms with Crippen LogP contribution in [0.5, 0.6) is 17.2 Å². The number of ether oxygens (including phenoxy) is 6. The van der Waals surface area contributed by atoms with E-state index in [1.165, 1.54) is 0 Å². The molecule has 15 heteroatoms. The minimum Gasteiger partial charge on any atom is -0.497 e. The molecule has 1 fully saturated rings. The number of nitrogens with two attached hydrogens (primary N) is 1. The zero-order valence-electron chi connectivity index (χ0n) is 39.5. The number of hydrogen-bond donors (Lipinski definition) is 4. The highest BCUT2D eigenvalue weighted by atomic mass is 16.5. The van der Waals surface area contributed by atoms with Crippen LogP contribution in [0.2, 0.25) is 0 Å². The highest BCUT2D eigenvalue weighted by Crippen LogP contribution is 2.36. The molecule has 1 saturated carbocycles. The number of aryl methyl sites for hydroxylation is 1. The molecule has 0 saturated heterocycles. The lowest BCUT2D eigenvalue weighted by molar-refractivity contribution is -0.141. The Morgan fingerprint density at radius 2 is 1.45 bits per heavy atom. The Hall–Kier alpha value is -6.13. The van der Waals surface area contributed by atoms with Crippen molar-refractivity contribution < 1.29 is 42.8 Å². The van der Waals surface area contributed by atoms with Crippen molar-refractivity contribution in [2.24, 2.45) is 5.73 Å². The van der Waals surface area contributed by atoms with Crippen LogP contribution < -0.4 is 35.9 Å². The molecule has 3 aromatic rings. The average molecular weight is 925 g/mol. The molecule has 0 bridgehead atoms.